The lowest BCUT2D eigenvalue weighted by Crippen LogP contribution is -2.24. The van der Waals surface area contributed by atoms with E-state index in [9.17, 15) is 0 Å². The van der Waals surface area contributed by atoms with Crippen LogP contribution in [0.25, 0.3) is 0 Å². The molecule has 1 unspecified atom stereocenters. The molecular weight excluding hydrogens is 174 g/mol. The summed E-state index contributed by atoms with van der Waals surface area (Å²) in [4.78, 5) is 0. The summed E-state index contributed by atoms with van der Waals surface area (Å²) in [5.74, 6) is 0.771. The maximum absolute atomic E-state index is 5.72. The minimum Gasteiger partial charge on any atom is -0.376 e. The number of rotatable bonds is 7. The lowest BCUT2D eigenvalue weighted by molar-refractivity contribution is -0.00953. The molecular formula is C12H27NO. The van der Waals surface area contributed by atoms with E-state index in [1.165, 1.54) is 19.3 Å². The summed E-state index contributed by atoms with van der Waals surface area (Å²) in [6.07, 6.45) is 3.74. The summed E-state index contributed by atoms with van der Waals surface area (Å²) in [5.41, 5.74) is 0.0103. The van der Waals surface area contributed by atoms with Gasteiger partial charge in [0.1, 0.15) is 0 Å². The molecule has 0 aromatic carbocycles. The van der Waals surface area contributed by atoms with E-state index in [4.69, 9.17) is 4.74 Å². The Morgan fingerprint density at radius 2 is 1.86 bits per heavy atom. The van der Waals surface area contributed by atoms with Crippen molar-refractivity contribution in [1.29, 1.82) is 0 Å². The average Bonchev–Trinajstić information content (AvgIpc) is 2.02. The Kier molecular flexibility index (Phi) is 7.20. The zero-order chi connectivity index (χ0) is 11.0. The van der Waals surface area contributed by atoms with Gasteiger partial charge in [-0.2, -0.15) is 0 Å². The molecule has 86 valence electrons. The fourth-order valence-electron chi connectivity index (χ4n) is 1.58. The van der Waals surface area contributed by atoms with Crippen molar-refractivity contribution in [3.8, 4) is 0 Å². The standard InChI is InChI=1S/C12H27NO/c1-6-7-11(10-13-5)8-9-14-12(2,3)4/h11,13H,6-10H2,1-5H3. The summed E-state index contributed by atoms with van der Waals surface area (Å²) >= 11 is 0. The van der Waals surface area contributed by atoms with E-state index < -0.39 is 0 Å². The van der Waals surface area contributed by atoms with Crippen LogP contribution in [-0.4, -0.2) is 25.8 Å². The van der Waals surface area contributed by atoms with Gasteiger partial charge in [-0.15, -0.1) is 0 Å². The highest BCUT2D eigenvalue weighted by atomic mass is 16.5. The summed E-state index contributed by atoms with van der Waals surface area (Å²) in [7, 11) is 2.02. The minimum absolute atomic E-state index is 0.0103. The van der Waals surface area contributed by atoms with Gasteiger partial charge in [-0.05, 0) is 53.1 Å². The molecule has 0 aromatic heterocycles. The van der Waals surface area contributed by atoms with E-state index in [1.807, 2.05) is 7.05 Å². The zero-order valence-electron chi connectivity index (χ0n) is 10.5. The molecule has 0 amide bonds. The first-order chi connectivity index (χ1) is 6.49. The van der Waals surface area contributed by atoms with Gasteiger partial charge in [0.2, 0.25) is 0 Å². The first kappa shape index (κ1) is 13.9. The van der Waals surface area contributed by atoms with Gasteiger partial charge < -0.3 is 10.1 Å². The monoisotopic (exact) mass is 201 g/mol. The average molecular weight is 201 g/mol. The minimum atomic E-state index is 0.0103. The summed E-state index contributed by atoms with van der Waals surface area (Å²) in [5, 5.41) is 3.24. The third-order valence-corrected chi connectivity index (χ3v) is 2.25. The highest BCUT2D eigenvalue weighted by Crippen LogP contribution is 2.13. The summed E-state index contributed by atoms with van der Waals surface area (Å²) < 4.78 is 5.72. The molecule has 0 aliphatic heterocycles. The third kappa shape index (κ3) is 8.52. The number of nitrogens with one attached hydrogen (secondary N) is 1. The Morgan fingerprint density at radius 3 is 2.29 bits per heavy atom. The molecule has 14 heavy (non-hydrogen) atoms. The maximum Gasteiger partial charge on any atom is 0.0598 e. The van der Waals surface area contributed by atoms with E-state index in [1.54, 1.807) is 0 Å². The van der Waals surface area contributed by atoms with Gasteiger partial charge >= 0.3 is 0 Å². The van der Waals surface area contributed by atoms with Gasteiger partial charge in [0.25, 0.3) is 0 Å². The SMILES string of the molecule is CCCC(CCOC(C)(C)C)CNC. The molecule has 0 aromatic rings. The van der Waals surface area contributed by atoms with Crippen LogP contribution in [0.3, 0.4) is 0 Å². The van der Waals surface area contributed by atoms with Crippen LogP contribution in [0.4, 0.5) is 0 Å². The molecule has 0 fully saturated rings. The lowest BCUT2D eigenvalue weighted by atomic mass is 10.0. The largest absolute Gasteiger partial charge is 0.376 e. The maximum atomic E-state index is 5.72. The second-order valence-corrected chi connectivity index (χ2v) is 4.96. The predicted octanol–water partition coefficient (Wildman–Crippen LogP) is 2.83. The molecule has 0 spiro atoms. The van der Waals surface area contributed by atoms with Gasteiger partial charge in [-0.3, -0.25) is 0 Å². The Labute approximate surface area is 89.4 Å². The predicted molar refractivity (Wildman–Crippen MR) is 62.6 cm³/mol. The third-order valence-electron chi connectivity index (χ3n) is 2.25. The molecule has 2 nitrogen and oxygen atoms in total. The second-order valence-electron chi connectivity index (χ2n) is 4.96. The van der Waals surface area contributed by atoms with E-state index in [0.29, 0.717) is 0 Å². The zero-order valence-corrected chi connectivity index (χ0v) is 10.5. The van der Waals surface area contributed by atoms with E-state index in [2.05, 4.69) is 33.0 Å². The van der Waals surface area contributed by atoms with Gasteiger partial charge in [-0.1, -0.05) is 13.3 Å². The van der Waals surface area contributed by atoms with Crippen molar-refractivity contribution in [2.75, 3.05) is 20.2 Å². The molecule has 1 atom stereocenters. The summed E-state index contributed by atoms with van der Waals surface area (Å²) in [6, 6.07) is 0. The van der Waals surface area contributed by atoms with Crippen molar-refractivity contribution in [3.63, 3.8) is 0 Å². The number of hydrogen-bond donors (Lipinski definition) is 1. The second kappa shape index (κ2) is 7.24. The first-order valence-electron chi connectivity index (χ1n) is 5.78. The van der Waals surface area contributed by atoms with Gasteiger partial charge in [0.05, 0.1) is 5.60 Å². The Hall–Kier alpha value is -0.0800. The van der Waals surface area contributed by atoms with Crippen LogP contribution in [0.1, 0.15) is 47.0 Å². The quantitative estimate of drug-likeness (QED) is 0.684. The van der Waals surface area contributed by atoms with Gasteiger partial charge in [0, 0.05) is 6.61 Å². The van der Waals surface area contributed by atoms with Crippen LogP contribution in [0.15, 0.2) is 0 Å². The van der Waals surface area contributed by atoms with Crippen LogP contribution in [0, 0.1) is 5.92 Å². The van der Waals surface area contributed by atoms with Crippen molar-refractivity contribution < 1.29 is 4.74 Å². The highest BCUT2D eigenvalue weighted by Gasteiger charge is 2.12. The van der Waals surface area contributed by atoms with Crippen LogP contribution in [0.5, 0.6) is 0 Å². The van der Waals surface area contributed by atoms with Gasteiger partial charge in [-0.25, -0.2) is 0 Å². The molecule has 0 aliphatic rings. The molecule has 0 bridgehead atoms. The number of hydrogen-bond acceptors (Lipinski definition) is 2. The highest BCUT2D eigenvalue weighted by molar-refractivity contribution is 4.63. The van der Waals surface area contributed by atoms with Crippen LogP contribution in [0.2, 0.25) is 0 Å². The van der Waals surface area contributed by atoms with Gasteiger partial charge in [0.15, 0.2) is 0 Å². The van der Waals surface area contributed by atoms with Crippen LogP contribution >= 0.6 is 0 Å². The Morgan fingerprint density at radius 1 is 1.21 bits per heavy atom. The van der Waals surface area contributed by atoms with Crippen LogP contribution < -0.4 is 5.32 Å². The fraction of sp³-hybridized carbons (Fsp3) is 1.00. The van der Waals surface area contributed by atoms with Crippen molar-refractivity contribution >= 4 is 0 Å². The van der Waals surface area contributed by atoms with E-state index >= 15 is 0 Å². The van der Waals surface area contributed by atoms with E-state index in [0.717, 1.165) is 19.1 Å². The Bertz CT molecular complexity index is 123. The molecule has 0 radical (unpaired) electrons. The van der Waals surface area contributed by atoms with E-state index in [-0.39, 0.29) is 5.60 Å². The molecule has 0 saturated carbocycles. The fourth-order valence-corrected chi connectivity index (χ4v) is 1.58. The normalized spacial score (nSPS) is 14.4. The Balaban J connectivity index is 3.60. The van der Waals surface area contributed by atoms with Crippen molar-refractivity contribution in [3.05, 3.63) is 0 Å². The molecule has 1 N–H and O–H groups in total. The molecule has 2 heteroatoms. The molecule has 0 aliphatic carbocycles. The molecule has 0 rings (SSSR count). The summed E-state index contributed by atoms with van der Waals surface area (Å²) in [6.45, 7) is 10.6. The van der Waals surface area contributed by atoms with Crippen molar-refractivity contribution in [2.45, 2.75) is 52.6 Å². The first-order valence-corrected chi connectivity index (χ1v) is 5.78. The van der Waals surface area contributed by atoms with Crippen molar-refractivity contribution in [1.82, 2.24) is 5.32 Å². The topological polar surface area (TPSA) is 21.3 Å². The molecule has 0 heterocycles. The van der Waals surface area contributed by atoms with Crippen molar-refractivity contribution in [2.24, 2.45) is 5.92 Å². The van der Waals surface area contributed by atoms with Crippen LogP contribution in [-0.2, 0) is 4.74 Å². The lowest BCUT2D eigenvalue weighted by Gasteiger charge is -2.22. The number of ether oxygens (including phenoxy) is 1. The smallest absolute Gasteiger partial charge is 0.0598 e. The molecule has 0 saturated heterocycles.